The highest BCUT2D eigenvalue weighted by atomic mass is 16.5. The number of nitrogens with zero attached hydrogens (tertiary/aromatic N) is 1. The lowest BCUT2D eigenvalue weighted by molar-refractivity contribution is 0.398. The number of ether oxygens (including phenoxy) is 1. The van der Waals surface area contributed by atoms with Gasteiger partial charge in [0.1, 0.15) is 5.75 Å². The summed E-state index contributed by atoms with van der Waals surface area (Å²) in [6, 6.07) is 7.67. The normalized spacial score (nSPS) is 20.1. The fourth-order valence-electron chi connectivity index (χ4n) is 3.26. The minimum atomic E-state index is 0.116. The molecule has 2 aromatic rings. The van der Waals surface area contributed by atoms with Gasteiger partial charge in [0.2, 0.25) is 5.88 Å². The zero-order chi connectivity index (χ0) is 15.0. The average Bonchev–Trinajstić information content (AvgIpc) is 2.81. The van der Waals surface area contributed by atoms with Gasteiger partial charge in [0.15, 0.2) is 0 Å². The monoisotopic (exact) mass is 284 g/mol. The van der Waals surface area contributed by atoms with Crippen molar-refractivity contribution in [2.24, 2.45) is 0 Å². The summed E-state index contributed by atoms with van der Waals surface area (Å²) in [5, 5.41) is 13.7. The highest BCUT2D eigenvalue weighted by Gasteiger charge is 2.32. The van der Waals surface area contributed by atoms with Gasteiger partial charge in [0.05, 0.1) is 25.0 Å². The molecule has 2 atom stereocenters. The van der Waals surface area contributed by atoms with E-state index >= 15 is 0 Å². The number of hydrogen-bond acceptors (Lipinski definition) is 4. The van der Waals surface area contributed by atoms with Gasteiger partial charge in [-0.3, -0.25) is 0 Å². The maximum Gasteiger partial charge on any atom is 0.213 e. The van der Waals surface area contributed by atoms with E-state index in [0.29, 0.717) is 17.5 Å². The molecule has 4 heteroatoms. The van der Waals surface area contributed by atoms with E-state index < -0.39 is 0 Å². The Morgan fingerprint density at radius 2 is 2.05 bits per heavy atom. The van der Waals surface area contributed by atoms with Crippen LogP contribution >= 0.6 is 0 Å². The Labute approximate surface area is 124 Å². The molecule has 1 aromatic heterocycles. The van der Waals surface area contributed by atoms with Crippen molar-refractivity contribution in [3.8, 4) is 11.6 Å². The summed E-state index contributed by atoms with van der Waals surface area (Å²) in [7, 11) is 1.60. The van der Waals surface area contributed by atoms with Gasteiger partial charge in [-0.2, -0.15) is 0 Å². The summed E-state index contributed by atoms with van der Waals surface area (Å²) in [6.07, 6.45) is 2.73. The third kappa shape index (κ3) is 2.42. The molecule has 110 valence electrons. The van der Waals surface area contributed by atoms with E-state index in [1.807, 2.05) is 18.2 Å². The highest BCUT2D eigenvalue weighted by molar-refractivity contribution is 5.55. The van der Waals surface area contributed by atoms with Crippen molar-refractivity contribution < 1.29 is 9.84 Å². The molecule has 2 N–H and O–H groups in total. The topological polar surface area (TPSA) is 54.4 Å². The Morgan fingerprint density at radius 1 is 1.24 bits per heavy atom. The maximum atomic E-state index is 10.2. The molecule has 0 amide bonds. The molecule has 1 heterocycles. The standard InChI is InChI=1S/C17H20N2O2/c1-10-4-6-14(20)17-13(8-11(2)16(10)17)19-12-5-7-15(21-3)18-9-12/h4-7,9,11,13,19-20H,8H2,1-3H3. The molecule has 0 aliphatic heterocycles. The Hall–Kier alpha value is -2.23. The number of benzene rings is 1. The molecule has 1 aliphatic rings. The summed E-state index contributed by atoms with van der Waals surface area (Å²) in [5.74, 6) is 1.41. The second-order valence-electron chi connectivity index (χ2n) is 5.65. The van der Waals surface area contributed by atoms with E-state index in [9.17, 15) is 5.11 Å². The highest BCUT2D eigenvalue weighted by Crippen LogP contribution is 2.47. The quantitative estimate of drug-likeness (QED) is 0.901. The van der Waals surface area contributed by atoms with Gasteiger partial charge in [0.25, 0.3) is 0 Å². The number of fused-ring (bicyclic) bond motifs is 1. The van der Waals surface area contributed by atoms with Crippen LogP contribution in [0.3, 0.4) is 0 Å². The Balaban J connectivity index is 1.90. The van der Waals surface area contributed by atoms with E-state index in [-0.39, 0.29) is 6.04 Å². The molecule has 1 aliphatic carbocycles. The van der Waals surface area contributed by atoms with Crippen molar-refractivity contribution in [3.63, 3.8) is 0 Å². The van der Waals surface area contributed by atoms with Gasteiger partial charge >= 0.3 is 0 Å². The SMILES string of the molecule is COc1ccc(NC2CC(C)c3c(C)ccc(O)c32)cn1. The number of rotatable bonds is 3. The van der Waals surface area contributed by atoms with Crippen LogP contribution in [-0.2, 0) is 0 Å². The predicted molar refractivity (Wildman–Crippen MR) is 83.0 cm³/mol. The number of aromatic hydroxyl groups is 1. The first-order valence-corrected chi connectivity index (χ1v) is 7.19. The average molecular weight is 284 g/mol. The summed E-state index contributed by atoms with van der Waals surface area (Å²) in [4.78, 5) is 4.21. The number of phenolic OH excluding ortho intramolecular Hbond substituents is 1. The van der Waals surface area contributed by atoms with Crippen LogP contribution in [0.25, 0.3) is 0 Å². The molecule has 1 aromatic carbocycles. The lowest BCUT2D eigenvalue weighted by Crippen LogP contribution is -2.08. The molecule has 0 spiro atoms. The summed E-state index contributed by atoms with van der Waals surface area (Å²) in [5.41, 5.74) is 4.47. The molecule has 0 radical (unpaired) electrons. The van der Waals surface area contributed by atoms with Crippen molar-refractivity contribution in [2.45, 2.75) is 32.2 Å². The van der Waals surface area contributed by atoms with Gasteiger partial charge in [0, 0.05) is 11.6 Å². The molecule has 0 fully saturated rings. The number of pyridine rings is 1. The second kappa shape index (κ2) is 5.28. The fraction of sp³-hybridized carbons (Fsp3) is 0.353. The number of aromatic nitrogens is 1. The van der Waals surface area contributed by atoms with Gasteiger partial charge in [-0.1, -0.05) is 13.0 Å². The van der Waals surface area contributed by atoms with E-state index in [0.717, 1.165) is 17.7 Å². The largest absolute Gasteiger partial charge is 0.508 e. The first kappa shape index (κ1) is 13.7. The molecule has 0 bridgehead atoms. The number of aryl methyl sites for hydroxylation is 1. The lowest BCUT2D eigenvalue weighted by atomic mass is 9.97. The summed E-state index contributed by atoms with van der Waals surface area (Å²) >= 11 is 0. The van der Waals surface area contributed by atoms with Crippen LogP contribution in [0.5, 0.6) is 11.6 Å². The van der Waals surface area contributed by atoms with Crippen molar-refractivity contribution in [1.82, 2.24) is 4.98 Å². The van der Waals surface area contributed by atoms with E-state index in [2.05, 4.69) is 24.1 Å². The van der Waals surface area contributed by atoms with Gasteiger partial charge in [-0.15, -0.1) is 0 Å². The minimum absolute atomic E-state index is 0.116. The van der Waals surface area contributed by atoms with Crippen LogP contribution in [0.2, 0.25) is 0 Å². The molecule has 0 saturated heterocycles. The fourth-order valence-corrected chi connectivity index (χ4v) is 3.26. The second-order valence-corrected chi connectivity index (χ2v) is 5.65. The summed E-state index contributed by atoms with van der Waals surface area (Å²) < 4.78 is 5.07. The van der Waals surface area contributed by atoms with Crippen LogP contribution in [-0.4, -0.2) is 17.2 Å². The number of anilines is 1. The maximum absolute atomic E-state index is 10.2. The van der Waals surface area contributed by atoms with Crippen molar-refractivity contribution in [3.05, 3.63) is 47.2 Å². The molecule has 4 nitrogen and oxygen atoms in total. The van der Waals surface area contributed by atoms with Crippen LogP contribution in [0.15, 0.2) is 30.5 Å². The predicted octanol–water partition coefficient (Wildman–Crippen LogP) is 3.76. The number of phenols is 1. The number of methoxy groups -OCH3 is 1. The first-order valence-electron chi connectivity index (χ1n) is 7.19. The molecule has 2 unspecified atom stereocenters. The first-order chi connectivity index (χ1) is 10.1. The van der Waals surface area contributed by atoms with E-state index in [4.69, 9.17) is 4.74 Å². The van der Waals surface area contributed by atoms with Crippen LogP contribution < -0.4 is 10.1 Å². The van der Waals surface area contributed by atoms with E-state index in [1.54, 1.807) is 19.4 Å². The van der Waals surface area contributed by atoms with Crippen LogP contribution in [0.1, 0.15) is 42.0 Å². The Morgan fingerprint density at radius 3 is 2.71 bits per heavy atom. The molecule has 0 saturated carbocycles. The van der Waals surface area contributed by atoms with Crippen LogP contribution in [0.4, 0.5) is 5.69 Å². The number of nitrogens with one attached hydrogen (secondary N) is 1. The minimum Gasteiger partial charge on any atom is -0.508 e. The van der Waals surface area contributed by atoms with Gasteiger partial charge in [-0.05, 0) is 42.5 Å². The smallest absolute Gasteiger partial charge is 0.213 e. The molecular weight excluding hydrogens is 264 g/mol. The summed E-state index contributed by atoms with van der Waals surface area (Å²) in [6.45, 7) is 4.31. The van der Waals surface area contributed by atoms with Gasteiger partial charge < -0.3 is 15.2 Å². The van der Waals surface area contributed by atoms with Crippen molar-refractivity contribution in [1.29, 1.82) is 0 Å². The zero-order valence-corrected chi connectivity index (χ0v) is 12.6. The molecule has 3 rings (SSSR count). The number of hydrogen-bond donors (Lipinski definition) is 2. The lowest BCUT2D eigenvalue weighted by Gasteiger charge is -2.17. The third-order valence-corrected chi connectivity index (χ3v) is 4.20. The van der Waals surface area contributed by atoms with Crippen molar-refractivity contribution >= 4 is 5.69 Å². The molecule has 21 heavy (non-hydrogen) atoms. The Kier molecular flexibility index (Phi) is 3.45. The van der Waals surface area contributed by atoms with E-state index in [1.165, 1.54) is 11.1 Å². The van der Waals surface area contributed by atoms with Crippen LogP contribution in [0, 0.1) is 6.92 Å². The Bertz CT molecular complexity index is 653. The molecular formula is C17H20N2O2. The third-order valence-electron chi connectivity index (χ3n) is 4.20. The van der Waals surface area contributed by atoms with Gasteiger partial charge in [-0.25, -0.2) is 4.98 Å². The van der Waals surface area contributed by atoms with Crippen molar-refractivity contribution in [2.75, 3.05) is 12.4 Å². The zero-order valence-electron chi connectivity index (χ0n) is 12.6.